The molecule has 2 N–H and O–H groups in total. The van der Waals surface area contributed by atoms with Crippen LogP contribution in [-0.4, -0.2) is 76.6 Å². The Kier molecular flexibility index (Phi) is 12.3. The standard InChI is InChI=1S/C27H34FN7O3.2ClH/c1-5-29-10-11-34(17-26(37)33(4)35-15-20-8-6-7-9-21(20)16-35)25(36)14-30-24-13-22(23(28)12-18(24)2)27-31-19(3)38-32-27;;/h6-9,12-13,29-30H,5,10-11,14-17H2,1-4H3;2*1H. The van der Waals surface area contributed by atoms with Crippen molar-refractivity contribution in [1.82, 2.24) is 30.4 Å². The summed E-state index contributed by atoms with van der Waals surface area (Å²) in [6.07, 6.45) is 0. The van der Waals surface area contributed by atoms with Gasteiger partial charge in [-0.3, -0.25) is 14.6 Å². The Morgan fingerprint density at radius 3 is 2.38 bits per heavy atom. The first-order valence-corrected chi connectivity index (χ1v) is 12.7. The highest BCUT2D eigenvalue weighted by atomic mass is 35.5. The summed E-state index contributed by atoms with van der Waals surface area (Å²) in [6.45, 7) is 8.25. The number of carbonyl (C=O) groups excluding carboxylic acids is 2. The molecule has 2 aromatic carbocycles. The predicted octanol–water partition coefficient (Wildman–Crippen LogP) is 3.58. The number of hydrogen-bond donors (Lipinski definition) is 2. The molecule has 0 atom stereocenters. The molecule has 2 heterocycles. The number of halogens is 3. The molecule has 4 rings (SSSR count). The Labute approximate surface area is 246 Å². The molecule has 3 aromatic rings. The lowest BCUT2D eigenvalue weighted by atomic mass is 10.1. The van der Waals surface area contributed by atoms with Gasteiger partial charge in [0.25, 0.3) is 5.91 Å². The fourth-order valence-electron chi connectivity index (χ4n) is 4.36. The fourth-order valence-corrected chi connectivity index (χ4v) is 4.36. The van der Waals surface area contributed by atoms with Crippen LogP contribution < -0.4 is 10.6 Å². The first-order chi connectivity index (χ1) is 18.3. The van der Waals surface area contributed by atoms with Crippen LogP contribution in [0.2, 0.25) is 0 Å². The van der Waals surface area contributed by atoms with E-state index in [1.165, 1.54) is 17.2 Å². The molecular weight excluding hydrogens is 560 g/mol. The van der Waals surface area contributed by atoms with Crippen LogP contribution in [-0.2, 0) is 22.7 Å². The van der Waals surface area contributed by atoms with Crippen LogP contribution in [0.1, 0.15) is 29.5 Å². The third-order valence-corrected chi connectivity index (χ3v) is 6.61. The van der Waals surface area contributed by atoms with Crippen LogP contribution in [0, 0.1) is 19.7 Å². The number of aromatic nitrogens is 2. The van der Waals surface area contributed by atoms with Gasteiger partial charge in [0.05, 0.1) is 12.1 Å². The molecule has 0 radical (unpaired) electrons. The number of carbonyl (C=O) groups is 2. The average molecular weight is 597 g/mol. The molecule has 40 heavy (non-hydrogen) atoms. The average Bonchev–Trinajstić information content (AvgIpc) is 3.53. The number of likely N-dealkylation sites (N-methyl/N-ethyl adjacent to an activating group) is 2. The first-order valence-electron chi connectivity index (χ1n) is 12.7. The summed E-state index contributed by atoms with van der Waals surface area (Å²) in [4.78, 5) is 32.1. The zero-order valence-electron chi connectivity index (χ0n) is 23.1. The topological polar surface area (TPSA) is 107 Å². The second-order valence-corrected chi connectivity index (χ2v) is 9.32. The van der Waals surface area contributed by atoms with E-state index < -0.39 is 5.82 Å². The maximum Gasteiger partial charge on any atom is 0.256 e. The maximum atomic E-state index is 14.6. The van der Waals surface area contributed by atoms with Crippen LogP contribution in [0.25, 0.3) is 11.4 Å². The fraction of sp³-hybridized carbons (Fsp3) is 0.407. The van der Waals surface area contributed by atoms with Crippen molar-refractivity contribution in [1.29, 1.82) is 0 Å². The minimum absolute atomic E-state index is 0. The Morgan fingerprint density at radius 1 is 1.10 bits per heavy atom. The van der Waals surface area contributed by atoms with Crippen LogP contribution in [0.15, 0.2) is 40.9 Å². The minimum Gasteiger partial charge on any atom is -0.376 e. The van der Waals surface area contributed by atoms with Crippen molar-refractivity contribution in [2.75, 3.05) is 45.1 Å². The number of hydrogen-bond acceptors (Lipinski definition) is 8. The molecule has 1 aromatic heterocycles. The van der Waals surface area contributed by atoms with Gasteiger partial charge in [0.1, 0.15) is 12.4 Å². The van der Waals surface area contributed by atoms with Gasteiger partial charge >= 0.3 is 0 Å². The minimum atomic E-state index is -0.481. The Hall–Kier alpha value is -3.25. The number of rotatable bonds is 11. The molecule has 10 nitrogen and oxygen atoms in total. The third kappa shape index (κ3) is 7.91. The molecule has 0 unspecified atom stereocenters. The van der Waals surface area contributed by atoms with E-state index in [1.807, 2.05) is 24.1 Å². The molecule has 0 saturated carbocycles. The van der Waals surface area contributed by atoms with Gasteiger partial charge in [0.15, 0.2) is 0 Å². The third-order valence-electron chi connectivity index (χ3n) is 6.61. The summed E-state index contributed by atoms with van der Waals surface area (Å²) in [6, 6.07) is 11.0. The number of hydrazine groups is 1. The first kappa shape index (κ1) is 33.0. The lowest BCUT2D eigenvalue weighted by Crippen LogP contribution is -2.49. The van der Waals surface area contributed by atoms with Gasteiger partial charge in [0, 0.05) is 45.8 Å². The lowest BCUT2D eigenvalue weighted by Gasteiger charge is -2.31. The van der Waals surface area contributed by atoms with Gasteiger partial charge in [-0.25, -0.2) is 9.40 Å². The summed E-state index contributed by atoms with van der Waals surface area (Å²) in [5, 5.41) is 13.7. The summed E-state index contributed by atoms with van der Waals surface area (Å²) < 4.78 is 19.6. The van der Waals surface area contributed by atoms with Gasteiger partial charge in [0.2, 0.25) is 17.6 Å². The van der Waals surface area contributed by atoms with Gasteiger partial charge < -0.3 is 20.1 Å². The van der Waals surface area contributed by atoms with E-state index in [9.17, 15) is 14.0 Å². The zero-order chi connectivity index (χ0) is 27.2. The SMILES string of the molecule is CCNCCN(CC(=O)N(C)N1Cc2ccccc2C1)C(=O)CNc1cc(-c2noc(C)n2)c(F)cc1C.Cl.Cl. The summed E-state index contributed by atoms with van der Waals surface area (Å²) in [5.74, 6) is -0.427. The number of nitrogens with one attached hydrogen (secondary N) is 2. The van der Waals surface area contributed by atoms with Gasteiger partial charge in [-0.15, -0.1) is 24.8 Å². The highest BCUT2D eigenvalue weighted by Crippen LogP contribution is 2.27. The van der Waals surface area contributed by atoms with Crippen LogP contribution in [0.3, 0.4) is 0 Å². The second kappa shape index (κ2) is 14.9. The smallest absolute Gasteiger partial charge is 0.256 e. The number of amides is 2. The Bertz CT molecular complexity index is 1280. The molecule has 1 aliphatic heterocycles. The maximum absolute atomic E-state index is 14.6. The molecule has 13 heteroatoms. The molecule has 0 aliphatic carbocycles. The molecule has 1 aliphatic rings. The highest BCUT2D eigenvalue weighted by molar-refractivity contribution is 5.87. The van der Waals surface area contributed by atoms with Crippen molar-refractivity contribution in [3.05, 3.63) is 64.8 Å². The van der Waals surface area contributed by atoms with Crippen molar-refractivity contribution in [3.8, 4) is 11.4 Å². The molecule has 0 saturated heterocycles. The van der Waals surface area contributed by atoms with Crippen molar-refractivity contribution in [3.63, 3.8) is 0 Å². The molecule has 0 spiro atoms. The summed E-state index contributed by atoms with van der Waals surface area (Å²) in [7, 11) is 1.74. The van der Waals surface area contributed by atoms with E-state index in [0.29, 0.717) is 43.3 Å². The van der Waals surface area contributed by atoms with E-state index in [-0.39, 0.29) is 61.1 Å². The molecule has 2 amide bonds. The number of anilines is 1. The Morgan fingerprint density at radius 2 is 1.77 bits per heavy atom. The van der Waals surface area contributed by atoms with Gasteiger partial charge in [-0.1, -0.05) is 36.3 Å². The number of benzene rings is 2. The van der Waals surface area contributed by atoms with Gasteiger partial charge in [-0.05, 0) is 42.3 Å². The van der Waals surface area contributed by atoms with E-state index in [4.69, 9.17) is 4.52 Å². The number of nitrogens with zero attached hydrogens (tertiary/aromatic N) is 5. The summed E-state index contributed by atoms with van der Waals surface area (Å²) in [5.41, 5.74) is 3.77. The van der Waals surface area contributed by atoms with Crippen molar-refractivity contribution >= 4 is 42.3 Å². The largest absolute Gasteiger partial charge is 0.376 e. The van der Waals surface area contributed by atoms with Crippen molar-refractivity contribution in [2.24, 2.45) is 0 Å². The summed E-state index contributed by atoms with van der Waals surface area (Å²) >= 11 is 0. The molecule has 218 valence electrons. The Balaban J connectivity index is 0.00000280. The number of fused-ring (bicyclic) bond motifs is 1. The quantitative estimate of drug-likeness (QED) is 0.324. The number of aryl methyl sites for hydroxylation is 2. The van der Waals surface area contributed by atoms with E-state index >= 15 is 0 Å². The van der Waals surface area contributed by atoms with E-state index in [1.54, 1.807) is 36.9 Å². The molecule has 0 fully saturated rings. The normalized spacial score (nSPS) is 12.2. The highest BCUT2D eigenvalue weighted by Gasteiger charge is 2.27. The van der Waals surface area contributed by atoms with E-state index in [2.05, 4.69) is 32.9 Å². The van der Waals surface area contributed by atoms with Gasteiger partial charge in [-0.2, -0.15) is 4.98 Å². The molecular formula is C27H36Cl2FN7O3. The molecule has 0 bridgehead atoms. The zero-order valence-corrected chi connectivity index (χ0v) is 24.7. The van der Waals surface area contributed by atoms with Crippen molar-refractivity contribution < 1.29 is 18.5 Å². The lowest BCUT2D eigenvalue weighted by molar-refractivity contribution is -0.151. The van der Waals surface area contributed by atoms with E-state index in [0.717, 1.165) is 6.54 Å². The monoisotopic (exact) mass is 595 g/mol. The van der Waals surface area contributed by atoms with Crippen molar-refractivity contribution in [2.45, 2.75) is 33.9 Å². The second-order valence-electron chi connectivity index (χ2n) is 9.32. The predicted molar refractivity (Wildman–Crippen MR) is 156 cm³/mol. The van der Waals surface area contributed by atoms with Crippen LogP contribution in [0.4, 0.5) is 10.1 Å². The van der Waals surface area contributed by atoms with Crippen LogP contribution in [0.5, 0.6) is 0 Å². The van der Waals surface area contributed by atoms with Crippen LogP contribution >= 0.6 is 24.8 Å².